The van der Waals surface area contributed by atoms with E-state index in [0.29, 0.717) is 25.8 Å². The zero-order valence-corrected chi connectivity index (χ0v) is 7.17. The number of hydrogen-bond acceptors (Lipinski definition) is 3. The Bertz CT molecular complexity index is 257. The van der Waals surface area contributed by atoms with Gasteiger partial charge >= 0.3 is 0 Å². The molecule has 1 heterocycles. The van der Waals surface area contributed by atoms with Gasteiger partial charge in [-0.15, -0.1) is 0 Å². The molecule has 0 aromatic rings. The zero-order chi connectivity index (χ0) is 9.68. The van der Waals surface area contributed by atoms with E-state index in [1.165, 1.54) is 0 Å². The molecule has 0 aromatic heterocycles. The van der Waals surface area contributed by atoms with Crippen LogP contribution in [0.2, 0.25) is 0 Å². The smallest absolute Gasteiger partial charge is 0.242 e. The summed E-state index contributed by atoms with van der Waals surface area (Å²) >= 11 is 0. The normalized spacial score (nSPS) is 20.5. The molecule has 5 nitrogen and oxygen atoms in total. The molecule has 1 aliphatic rings. The number of nitrogens with zero attached hydrogens (tertiary/aromatic N) is 1. The third-order valence-corrected chi connectivity index (χ3v) is 1.85. The number of hydrogen-bond donors (Lipinski definition) is 2. The van der Waals surface area contributed by atoms with Gasteiger partial charge in [-0.25, -0.2) is 0 Å². The van der Waals surface area contributed by atoms with E-state index in [4.69, 9.17) is 5.26 Å². The van der Waals surface area contributed by atoms with Gasteiger partial charge in [0, 0.05) is 13.0 Å². The maximum absolute atomic E-state index is 11.2. The van der Waals surface area contributed by atoms with Gasteiger partial charge < -0.3 is 10.6 Å². The van der Waals surface area contributed by atoms with Gasteiger partial charge in [0.1, 0.15) is 6.04 Å². The molecule has 1 unspecified atom stereocenters. The average molecular weight is 181 g/mol. The second kappa shape index (κ2) is 4.45. The van der Waals surface area contributed by atoms with Gasteiger partial charge in [0.25, 0.3) is 0 Å². The highest BCUT2D eigenvalue weighted by atomic mass is 16.2. The minimum absolute atomic E-state index is 0.0829. The number of carbonyl (C=O) groups is 2. The molecule has 1 fully saturated rings. The van der Waals surface area contributed by atoms with Gasteiger partial charge in [0.05, 0.1) is 12.5 Å². The standard InChI is InChI=1S/C8H11N3O2/c9-4-1-5-10-8(13)6-2-3-7(12)11-6/h6H,1-3,5H2,(H,10,13)(H,11,12). The Morgan fingerprint density at radius 3 is 3.08 bits per heavy atom. The van der Waals surface area contributed by atoms with Crippen molar-refractivity contribution >= 4 is 11.8 Å². The van der Waals surface area contributed by atoms with Crippen LogP contribution in [0.4, 0.5) is 0 Å². The lowest BCUT2D eigenvalue weighted by atomic mass is 10.2. The van der Waals surface area contributed by atoms with Gasteiger partial charge in [-0.05, 0) is 6.42 Å². The number of nitrogens with one attached hydrogen (secondary N) is 2. The molecule has 0 spiro atoms. The van der Waals surface area contributed by atoms with Crippen LogP contribution in [0.5, 0.6) is 0 Å². The third kappa shape index (κ3) is 2.75. The second-order valence-corrected chi connectivity index (χ2v) is 2.86. The Kier molecular flexibility index (Phi) is 3.26. The van der Waals surface area contributed by atoms with Crippen molar-refractivity contribution in [2.45, 2.75) is 25.3 Å². The quantitative estimate of drug-likeness (QED) is 0.564. The number of nitriles is 1. The molecule has 2 N–H and O–H groups in total. The summed E-state index contributed by atoms with van der Waals surface area (Å²) in [6, 6.07) is 1.52. The van der Waals surface area contributed by atoms with E-state index in [-0.39, 0.29) is 11.8 Å². The van der Waals surface area contributed by atoms with Crippen LogP contribution in [0.25, 0.3) is 0 Å². The van der Waals surface area contributed by atoms with Gasteiger partial charge in [-0.1, -0.05) is 0 Å². The minimum Gasteiger partial charge on any atom is -0.353 e. The molecule has 0 radical (unpaired) electrons. The first kappa shape index (κ1) is 9.52. The highest BCUT2D eigenvalue weighted by Crippen LogP contribution is 2.05. The fourth-order valence-corrected chi connectivity index (χ4v) is 1.18. The molecule has 5 heteroatoms. The predicted molar refractivity (Wildman–Crippen MR) is 44.4 cm³/mol. The van der Waals surface area contributed by atoms with Crippen LogP contribution >= 0.6 is 0 Å². The SMILES string of the molecule is N#CCCNC(=O)C1CCC(=O)N1. The molecule has 70 valence electrons. The molecule has 13 heavy (non-hydrogen) atoms. The molecule has 1 aliphatic heterocycles. The van der Waals surface area contributed by atoms with E-state index >= 15 is 0 Å². The van der Waals surface area contributed by atoms with Crippen LogP contribution in [-0.4, -0.2) is 24.4 Å². The van der Waals surface area contributed by atoms with E-state index in [2.05, 4.69) is 10.6 Å². The van der Waals surface area contributed by atoms with Gasteiger partial charge in [-0.2, -0.15) is 5.26 Å². The van der Waals surface area contributed by atoms with Crippen molar-refractivity contribution in [3.63, 3.8) is 0 Å². The summed E-state index contributed by atoms with van der Waals surface area (Å²) in [5.74, 6) is -0.276. The molecule has 0 aliphatic carbocycles. The first-order chi connectivity index (χ1) is 6.24. The highest BCUT2D eigenvalue weighted by Gasteiger charge is 2.26. The van der Waals surface area contributed by atoms with E-state index in [9.17, 15) is 9.59 Å². The van der Waals surface area contributed by atoms with Crippen LogP contribution in [0.15, 0.2) is 0 Å². The maximum Gasteiger partial charge on any atom is 0.242 e. The summed E-state index contributed by atoms with van der Waals surface area (Å²) in [6.07, 6.45) is 1.26. The number of amides is 2. The van der Waals surface area contributed by atoms with E-state index in [1.807, 2.05) is 6.07 Å². The predicted octanol–water partition coefficient (Wildman–Crippen LogP) is -0.705. The van der Waals surface area contributed by atoms with Crippen molar-refractivity contribution in [1.29, 1.82) is 5.26 Å². The molecule has 2 amide bonds. The van der Waals surface area contributed by atoms with Crippen LogP contribution < -0.4 is 10.6 Å². The minimum atomic E-state index is -0.397. The van der Waals surface area contributed by atoms with E-state index in [0.717, 1.165) is 0 Å². The zero-order valence-electron chi connectivity index (χ0n) is 7.17. The second-order valence-electron chi connectivity index (χ2n) is 2.86. The fourth-order valence-electron chi connectivity index (χ4n) is 1.18. The van der Waals surface area contributed by atoms with Gasteiger partial charge in [-0.3, -0.25) is 9.59 Å². The first-order valence-electron chi connectivity index (χ1n) is 4.18. The molecule has 1 saturated heterocycles. The first-order valence-corrected chi connectivity index (χ1v) is 4.18. The molecular weight excluding hydrogens is 170 g/mol. The Hall–Kier alpha value is -1.57. The average Bonchev–Trinajstić information content (AvgIpc) is 2.52. The lowest BCUT2D eigenvalue weighted by molar-refractivity contribution is -0.125. The fraction of sp³-hybridized carbons (Fsp3) is 0.625. The summed E-state index contributed by atoms with van der Waals surface area (Å²) in [4.78, 5) is 22.0. The van der Waals surface area contributed by atoms with Crippen molar-refractivity contribution in [2.24, 2.45) is 0 Å². The Labute approximate surface area is 76.1 Å². The van der Waals surface area contributed by atoms with Crippen molar-refractivity contribution in [2.75, 3.05) is 6.54 Å². The van der Waals surface area contributed by atoms with Crippen LogP contribution in [0.3, 0.4) is 0 Å². The monoisotopic (exact) mass is 181 g/mol. The molecule has 1 atom stereocenters. The highest BCUT2D eigenvalue weighted by molar-refractivity contribution is 5.90. The lowest BCUT2D eigenvalue weighted by Gasteiger charge is -2.08. The van der Waals surface area contributed by atoms with Crippen molar-refractivity contribution < 1.29 is 9.59 Å². The van der Waals surface area contributed by atoms with Crippen molar-refractivity contribution in [3.05, 3.63) is 0 Å². The maximum atomic E-state index is 11.2. The van der Waals surface area contributed by atoms with Gasteiger partial charge in [0.2, 0.25) is 11.8 Å². The molecular formula is C8H11N3O2. The summed E-state index contributed by atoms with van der Waals surface area (Å²) in [7, 11) is 0. The van der Waals surface area contributed by atoms with Crippen molar-refractivity contribution in [1.82, 2.24) is 10.6 Å². The van der Waals surface area contributed by atoms with Crippen LogP contribution in [0.1, 0.15) is 19.3 Å². The molecule has 0 aromatic carbocycles. The molecule has 1 rings (SSSR count). The summed E-state index contributed by atoms with van der Waals surface area (Å²) in [5, 5.41) is 13.3. The third-order valence-electron chi connectivity index (χ3n) is 1.85. The topological polar surface area (TPSA) is 82.0 Å². The Morgan fingerprint density at radius 2 is 2.54 bits per heavy atom. The number of carbonyl (C=O) groups excluding carboxylic acids is 2. The van der Waals surface area contributed by atoms with Gasteiger partial charge in [0.15, 0.2) is 0 Å². The van der Waals surface area contributed by atoms with Crippen molar-refractivity contribution in [3.8, 4) is 6.07 Å². The Balaban J connectivity index is 2.24. The Morgan fingerprint density at radius 1 is 1.77 bits per heavy atom. The largest absolute Gasteiger partial charge is 0.353 e. The van der Waals surface area contributed by atoms with E-state index in [1.54, 1.807) is 0 Å². The lowest BCUT2D eigenvalue weighted by Crippen LogP contribution is -2.41. The van der Waals surface area contributed by atoms with Crippen LogP contribution in [0, 0.1) is 11.3 Å². The number of rotatable bonds is 3. The summed E-state index contributed by atoms with van der Waals surface area (Å²) in [5.41, 5.74) is 0. The molecule has 0 saturated carbocycles. The summed E-state index contributed by atoms with van der Waals surface area (Å²) in [6.45, 7) is 0.349. The van der Waals surface area contributed by atoms with Crippen LogP contribution in [-0.2, 0) is 9.59 Å². The van der Waals surface area contributed by atoms with E-state index < -0.39 is 6.04 Å². The summed E-state index contributed by atoms with van der Waals surface area (Å²) < 4.78 is 0. The molecule has 0 bridgehead atoms.